The number of Topliss-reactive ketones (excluding diaryl/α,β-unsaturated/α-hetero) is 1. The standard InChI is InChI=1S/C15H10BrNO5S.Na.H/c16-12-4-2-1-3-9(12)8-17-13-6-5-10(23(20,21)22)7-11(13)14(18)15(17)19;;/h1-7H,8H2,(H,20,21,22);;. The van der Waals surface area contributed by atoms with Crippen LogP contribution in [0.5, 0.6) is 0 Å². The zero-order valence-electron chi connectivity index (χ0n) is 11.6. The van der Waals surface area contributed by atoms with Crippen LogP contribution in [-0.2, 0) is 21.5 Å². The number of benzene rings is 2. The van der Waals surface area contributed by atoms with Gasteiger partial charge in [-0.3, -0.25) is 14.1 Å². The van der Waals surface area contributed by atoms with Crippen LogP contribution >= 0.6 is 15.9 Å². The molecule has 1 aliphatic rings. The van der Waals surface area contributed by atoms with Gasteiger partial charge >= 0.3 is 29.6 Å². The molecule has 1 amide bonds. The number of carbonyl (C=O) groups excluding carboxylic acids is 2. The first-order valence-electron chi connectivity index (χ1n) is 6.50. The summed E-state index contributed by atoms with van der Waals surface area (Å²) in [6.07, 6.45) is 0. The molecule has 0 spiro atoms. The number of carbonyl (C=O) groups is 2. The molecule has 0 aliphatic carbocycles. The van der Waals surface area contributed by atoms with Gasteiger partial charge < -0.3 is 4.90 Å². The fourth-order valence-electron chi connectivity index (χ4n) is 2.39. The summed E-state index contributed by atoms with van der Waals surface area (Å²) in [7, 11) is -4.44. The van der Waals surface area contributed by atoms with E-state index in [1.165, 1.54) is 11.0 Å². The Labute approximate surface area is 169 Å². The van der Waals surface area contributed by atoms with Crippen LogP contribution in [0.15, 0.2) is 51.8 Å². The number of halogens is 1. The Morgan fingerprint density at radius 3 is 2.38 bits per heavy atom. The Balaban J connectivity index is 0.00000208. The molecule has 0 saturated carbocycles. The molecule has 0 radical (unpaired) electrons. The number of anilines is 1. The maximum atomic E-state index is 12.2. The van der Waals surface area contributed by atoms with Crippen LogP contribution in [0.2, 0.25) is 0 Å². The molecule has 0 atom stereocenters. The summed E-state index contributed by atoms with van der Waals surface area (Å²) in [5.41, 5.74) is 1.10. The molecular weight excluding hydrogens is 409 g/mol. The summed E-state index contributed by atoms with van der Waals surface area (Å²) >= 11 is 3.38. The van der Waals surface area contributed by atoms with Gasteiger partial charge in [0, 0.05) is 4.47 Å². The molecule has 0 aromatic heterocycles. The third kappa shape index (κ3) is 3.49. The number of nitrogens with zero attached hydrogens (tertiary/aromatic N) is 1. The van der Waals surface area contributed by atoms with Gasteiger partial charge in [-0.1, -0.05) is 34.1 Å². The first kappa shape index (κ1) is 19.3. The number of ketones is 1. The predicted octanol–water partition coefficient (Wildman–Crippen LogP) is 1.78. The van der Waals surface area contributed by atoms with E-state index in [1.807, 2.05) is 24.3 Å². The van der Waals surface area contributed by atoms with E-state index < -0.39 is 26.7 Å². The van der Waals surface area contributed by atoms with E-state index in [-0.39, 0.29) is 41.7 Å². The maximum absolute atomic E-state index is 12.2. The summed E-state index contributed by atoms with van der Waals surface area (Å²) < 4.78 is 32.2. The Hall–Kier alpha value is -1.03. The first-order valence-corrected chi connectivity index (χ1v) is 8.73. The Morgan fingerprint density at radius 2 is 1.75 bits per heavy atom. The van der Waals surface area contributed by atoms with Crippen molar-refractivity contribution in [2.45, 2.75) is 11.4 Å². The summed E-state index contributed by atoms with van der Waals surface area (Å²) in [5.74, 6) is -1.53. The van der Waals surface area contributed by atoms with Crippen LogP contribution in [0, 0.1) is 0 Å². The zero-order valence-corrected chi connectivity index (χ0v) is 14.0. The SMILES string of the molecule is O=C1C(=O)N(Cc2ccccc2Br)c2ccc(S(=O)(=O)O)cc21.[NaH]. The van der Waals surface area contributed by atoms with Crippen molar-refractivity contribution < 1.29 is 22.6 Å². The van der Waals surface area contributed by atoms with Gasteiger partial charge in [-0.15, -0.1) is 0 Å². The molecule has 3 rings (SSSR count). The second kappa shape index (κ2) is 7.07. The molecule has 0 saturated heterocycles. The van der Waals surface area contributed by atoms with E-state index in [2.05, 4.69) is 15.9 Å². The van der Waals surface area contributed by atoms with Crippen molar-refractivity contribution in [1.82, 2.24) is 0 Å². The minimum absolute atomic E-state index is 0. The summed E-state index contributed by atoms with van der Waals surface area (Å²) in [6, 6.07) is 10.8. The van der Waals surface area contributed by atoms with Crippen molar-refractivity contribution in [3.8, 4) is 0 Å². The van der Waals surface area contributed by atoms with E-state index >= 15 is 0 Å². The van der Waals surface area contributed by atoms with E-state index in [0.717, 1.165) is 22.2 Å². The Morgan fingerprint density at radius 1 is 1.08 bits per heavy atom. The number of amides is 1. The van der Waals surface area contributed by atoms with Crippen LogP contribution in [0.4, 0.5) is 5.69 Å². The molecule has 0 unspecified atom stereocenters. The fourth-order valence-corrected chi connectivity index (χ4v) is 3.31. The number of hydrogen-bond donors (Lipinski definition) is 1. The van der Waals surface area contributed by atoms with Crippen molar-refractivity contribution in [1.29, 1.82) is 0 Å². The van der Waals surface area contributed by atoms with Gasteiger partial charge in [0.05, 0.1) is 22.7 Å². The van der Waals surface area contributed by atoms with Crippen molar-refractivity contribution in [2.75, 3.05) is 4.90 Å². The molecule has 6 nitrogen and oxygen atoms in total. The van der Waals surface area contributed by atoms with Crippen LogP contribution < -0.4 is 4.90 Å². The van der Waals surface area contributed by atoms with E-state index in [9.17, 15) is 18.0 Å². The van der Waals surface area contributed by atoms with Gasteiger partial charge in [0.2, 0.25) is 0 Å². The molecule has 1 N–H and O–H groups in total. The van der Waals surface area contributed by atoms with Gasteiger partial charge in [-0.2, -0.15) is 8.42 Å². The molecular formula is C15H11BrNNaO5S. The molecule has 120 valence electrons. The number of hydrogen-bond acceptors (Lipinski definition) is 4. The van der Waals surface area contributed by atoms with Crippen LogP contribution in [0.25, 0.3) is 0 Å². The van der Waals surface area contributed by atoms with Crippen molar-refractivity contribution in [2.24, 2.45) is 0 Å². The topological polar surface area (TPSA) is 91.8 Å². The average Bonchev–Trinajstić information content (AvgIpc) is 2.73. The van der Waals surface area contributed by atoms with Crippen LogP contribution in [0.3, 0.4) is 0 Å². The van der Waals surface area contributed by atoms with Gasteiger partial charge in [-0.25, -0.2) is 0 Å². The van der Waals surface area contributed by atoms with Crippen molar-refractivity contribution in [3.63, 3.8) is 0 Å². The Kier molecular flexibility index (Phi) is 5.68. The van der Waals surface area contributed by atoms with Gasteiger partial charge in [-0.05, 0) is 29.8 Å². The first-order chi connectivity index (χ1) is 10.8. The molecule has 2 aromatic rings. The zero-order chi connectivity index (χ0) is 16.8. The number of fused-ring (bicyclic) bond motifs is 1. The molecule has 9 heteroatoms. The van der Waals surface area contributed by atoms with E-state index in [0.29, 0.717) is 5.69 Å². The van der Waals surface area contributed by atoms with E-state index in [4.69, 9.17) is 4.55 Å². The monoisotopic (exact) mass is 419 g/mol. The number of rotatable bonds is 3. The normalized spacial score (nSPS) is 13.7. The van der Waals surface area contributed by atoms with Gasteiger partial charge in [0.25, 0.3) is 21.8 Å². The molecule has 0 fully saturated rings. The molecule has 24 heavy (non-hydrogen) atoms. The molecule has 0 bridgehead atoms. The van der Waals surface area contributed by atoms with E-state index in [1.54, 1.807) is 0 Å². The Bertz CT molecular complexity index is 945. The minimum atomic E-state index is -4.44. The van der Waals surface area contributed by atoms with Gasteiger partial charge in [0.1, 0.15) is 0 Å². The second-order valence-corrected chi connectivity index (χ2v) is 7.24. The summed E-state index contributed by atoms with van der Waals surface area (Å²) in [4.78, 5) is 25.1. The van der Waals surface area contributed by atoms with Crippen molar-refractivity contribution >= 4 is 73.0 Å². The summed E-state index contributed by atoms with van der Waals surface area (Å²) in [5, 5.41) is 0. The van der Waals surface area contributed by atoms with Crippen LogP contribution in [-0.4, -0.2) is 54.2 Å². The third-order valence-corrected chi connectivity index (χ3v) is 5.15. The van der Waals surface area contributed by atoms with Gasteiger partial charge in [0.15, 0.2) is 0 Å². The quantitative estimate of drug-likeness (QED) is 0.465. The van der Waals surface area contributed by atoms with Crippen LogP contribution in [0.1, 0.15) is 15.9 Å². The average molecular weight is 420 g/mol. The molecule has 2 aromatic carbocycles. The molecule has 1 aliphatic heterocycles. The molecule has 1 heterocycles. The third-order valence-electron chi connectivity index (χ3n) is 3.53. The summed E-state index contributed by atoms with van der Waals surface area (Å²) in [6.45, 7) is 0.171. The second-order valence-electron chi connectivity index (χ2n) is 4.97. The van der Waals surface area contributed by atoms with Crippen molar-refractivity contribution in [3.05, 3.63) is 58.1 Å². The fraction of sp³-hybridized carbons (Fsp3) is 0.0667. The predicted molar refractivity (Wildman–Crippen MR) is 93.1 cm³/mol.